The first-order chi connectivity index (χ1) is 5.29. The molecule has 11 heavy (non-hydrogen) atoms. The van der Waals surface area contributed by atoms with E-state index in [1.54, 1.807) is 12.1 Å². The zero-order chi connectivity index (χ0) is 7.84. The summed E-state index contributed by atoms with van der Waals surface area (Å²) in [5, 5.41) is 14.5. The van der Waals surface area contributed by atoms with Gasteiger partial charge in [0.1, 0.15) is 5.52 Å². The van der Waals surface area contributed by atoms with Crippen LogP contribution >= 0.6 is 0 Å². The van der Waals surface area contributed by atoms with E-state index in [1.165, 1.54) is 6.07 Å². The van der Waals surface area contributed by atoms with Gasteiger partial charge in [-0.05, 0) is 12.1 Å². The van der Waals surface area contributed by atoms with E-state index in [1.807, 2.05) is 0 Å². The molecule has 0 fully saturated rings. The molecule has 0 aliphatic heterocycles. The summed E-state index contributed by atoms with van der Waals surface area (Å²) >= 11 is 0. The van der Waals surface area contributed by atoms with E-state index >= 15 is 0 Å². The Morgan fingerprint density at radius 3 is 2.73 bits per heavy atom. The summed E-state index contributed by atoms with van der Waals surface area (Å²) in [4.78, 5) is 10.9. The van der Waals surface area contributed by atoms with Crippen molar-refractivity contribution in [1.82, 2.24) is 10.2 Å². The second-order valence-corrected chi connectivity index (χ2v) is 2.28. The molecule has 0 unspecified atom stereocenters. The lowest BCUT2D eigenvalue weighted by molar-refractivity contribution is 0.474. The Labute approximate surface area is 61.5 Å². The molecular formula is C7H6N2O2. The van der Waals surface area contributed by atoms with Crippen molar-refractivity contribution >= 4 is 11.0 Å². The van der Waals surface area contributed by atoms with E-state index < -0.39 is 0 Å². The summed E-state index contributed by atoms with van der Waals surface area (Å²) in [7, 11) is 0. The average molecular weight is 150 g/mol. The zero-order valence-corrected chi connectivity index (χ0v) is 5.59. The van der Waals surface area contributed by atoms with Gasteiger partial charge < -0.3 is 5.11 Å². The molecule has 0 amide bonds. The molecule has 1 heterocycles. The van der Waals surface area contributed by atoms with Gasteiger partial charge in [-0.15, -0.1) is 0 Å². The number of aromatic hydroxyl groups is 1. The first kappa shape index (κ1) is 6.03. The Bertz CT molecular complexity index is 441. The molecule has 0 atom stereocenters. The van der Waals surface area contributed by atoms with Gasteiger partial charge in [-0.3, -0.25) is 15.0 Å². The molecule has 4 nitrogen and oxygen atoms in total. The maximum Gasteiger partial charge on any atom is 0.222 e. The van der Waals surface area contributed by atoms with Gasteiger partial charge in [0.25, 0.3) is 0 Å². The Morgan fingerprint density at radius 2 is 2.09 bits per heavy atom. The van der Waals surface area contributed by atoms with Crippen molar-refractivity contribution in [2.75, 3.05) is 0 Å². The molecule has 0 spiro atoms. The fourth-order valence-corrected chi connectivity index (χ4v) is 0.943. The number of aromatic nitrogens is 2. The van der Waals surface area contributed by atoms with E-state index in [0.717, 1.165) is 5.52 Å². The van der Waals surface area contributed by atoms with Crippen LogP contribution in [0.4, 0.5) is 0 Å². The zero-order valence-electron chi connectivity index (χ0n) is 5.59. The average Bonchev–Trinajstić information content (AvgIpc) is 2.00. The smallest absolute Gasteiger partial charge is 0.222 e. The fraction of sp³-hybridized carbons (Fsp3) is 0. The Morgan fingerprint density at radius 1 is 1.27 bits per heavy atom. The molecule has 56 valence electrons. The van der Waals surface area contributed by atoms with E-state index in [-0.39, 0.29) is 11.2 Å². The second kappa shape index (κ2) is 1.88. The summed E-state index contributed by atoms with van der Waals surface area (Å²) in [5.41, 5.74) is 0.838. The van der Waals surface area contributed by atoms with Gasteiger partial charge in [0.05, 0.1) is 5.52 Å². The summed E-state index contributed by atoms with van der Waals surface area (Å²) in [6.45, 7) is 0. The first-order valence-electron chi connectivity index (χ1n) is 3.17. The highest BCUT2D eigenvalue weighted by Crippen LogP contribution is 2.15. The summed E-state index contributed by atoms with van der Waals surface area (Å²) in [6, 6.07) is 4.62. The highest BCUT2D eigenvalue weighted by molar-refractivity contribution is 5.80. The normalized spacial score (nSPS) is 10.5. The largest absolute Gasteiger partial charge is 0.503 e. The van der Waals surface area contributed by atoms with Gasteiger partial charge in [0.15, 0.2) is 5.75 Å². The van der Waals surface area contributed by atoms with Crippen molar-refractivity contribution in [3.63, 3.8) is 0 Å². The molecule has 1 aromatic carbocycles. The van der Waals surface area contributed by atoms with Crippen molar-refractivity contribution in [1.29, 1.82) is 0 Å². The van der Waals surface area contributed by atoms with Crippen molar-refractivity contribution in [2.24, 2.45) is 0 Å². The maximum absolute atomic E-state index is 10.9. The molecule has 0 saturated heterocycles. The van der Waals surface area contributed by atoms with Crippen LogP contribution in [0.5, 0.6) is 5.75 Å². The van der Waals surface area contributed by atoms with Gasteiger partial charge >= 0.3 is 0 Å². The van der Waals surface area contributed by atoms with Crippen molar-refractivity contribution < 1.29 is 5.11 Å². The molecule has 0 aliphatic carbocycles. The van der Waals surface area contributed by atoms with Crippen LogP contribution < -0.4 is 5.43 Å². The molecule has 0 radical (unpaired) electrons. The first-order valence-corrected chi connectivity index (χ1v) is 3.17. The monoisotopic (exact) mass is 150 g/mol. The predicted octanol–water partition coefficient (Wildman–Crippen LogP) is 0.562. The third-order valence-electron chi connectivity index (χ3n) is 1.57. The molecule has 0 bridgehead atoms. The molecule has 0 saturated carbocycles. The highest BCUT2D eigenvalue weighted by atomic mass is 16.3. The van der Waals surface area contributed by atoms with Gasteiger partial charge in [-0.25, -0.2) is 0 Å². The molecule has 1 aromatic heterocycles. The quantitative estimate of drug-likeness (QED) is 0.513. The number of aromatic amines is 2. The predicted molar refractivity (Wildman–Crippen MR) is 40.6 cm³/mol. The van der Waals surface area contributed by atoms with Crippen molar-refractivity contribution in [3.05, 3.63) is 28.4 Å². The van der Waals surface area contributed by atoms with Crippen LogP contribution in [0.2, 0.25) is 0 Å². The Balaban J connectivity index is 3.00. The third-order valence-corrected chi connectivity index (χ3v) is 1.57. The van der Waals surface area contributed by atoms with Crippen molar-refractivity contribution in [2.45, 2.75) is 0 Å². The lowest BCUT2D eigenvalue weighted by Gasteiger charge is -1.98. The lowest BCUT2D eigenvalue weighted by Crippen LogP contribution is -1.96. The van der Waals surface area contributed by atoms with Gasteiger partial charge in [-0.2, -0.15) is 0 Å². The van der Waals surface area contributed by atoms with E-state index in [9.17, 15) is 9.90 Å². The van der Waals surface area contributed by atoms with Crippen LogP contribution in [0.3, 0.4) is 0 Å². The topological polar surface area (TPSA) is 68.9 Å². The van der Waals surface area contributed by atoms with Crippen LogP contribution in [-0.4, -0.2) is 15.3 Å². The van der Waals surface area contributed by atoms with Gasteiger partial charge in [-0.1, -0.05) is 6.07 Å². The van der Waals surface area contributed by atoms with Gasteiger partial charge in [0, 0.05) is 0 Å². The molecule has 2 aromatic rings. The minimum atomic E-state index is -0.375. The summed E-state index contributed by atoms with van der Waals surface area (Å²) in [6.07, 6.45) is 0. The molecular weight excluding hydrogens is 144 g/mol. The maximum atomic E-state index is 10.9. The molecule has 3 N–H and O–H groups in total. The minimum absolute atomic E-state index is 0.233. The summed E-state index contributed by atoms with van der Waals surface area (Å²) < 4.78 is 0. The van der Waals surface area contributed by atoms with Crippen LogP contribution in [0.25, 0.3) is 11.0 Å². The van der Waals surface area contributed by atoms with Crippen LogP contribution in [0.15, 0.2) is 23.0 Å². The number of hydrogen-bond acceptors (Lipinski definition) is 2. The number of fused-ring (bicyclic) bond motifs is 1. The van der Waals surface area contributed by atoms with Crippen LogP contribution in [0.1, 0.15) is 0 Å². The number of hydrogen-bond donors (Lipinski definition) is 3. The van der Waals surface area contributed by atoms with Crippen molar-refractivity contribution in [3.8, 4) is 5.75 Å². The Hall–Kier alpha value is -1.71. The highest BCUT2D eigenvalue weighted by Gasteiger charge is 2.03. The third kappa shape index (κ3) is 0.724. The number of H-pyrrole nitrogens is 2. The molecule has 4 heteroatoms. The molecule has 0 aliphatic rings. The van der Waals surface area contributed by atoms with Gasteiger partial charge in [0.2, 0.25) is 5.43 Å². The van der Waals surface area contributed by atoms with E-state index in [4.69, 9.17) is 0 Å². The number of nitrogens with one attached hydrogen (secondary N) is 2. The number of rotatable bonds is 0. The standard InChI is InChI=1S/C7H6N2O2/c10-5-3-1-2-4-6(7(5)11)9-8-4/h1-3,8-9H,(H,10,11). The van der Waals surface area contributed by atoms with E-state index in [2.05, 4.69) is 10.2 Å². The SMILES string of the molecule is O=c1cccc2[nH][nH]c2c1O. The van der Waals surface area contributed by atoms with Crippen LogP contribution in [0, 0.1) is 0 Å². The van der Waals surface area contributed by atoms with Crippen LogP contribution in [-0.2, 0) is 0 Å². The molecule has 2 rings (SSSR count). The Kier molecular flexibility index (Phi) is 1.03. The van der Waals surface area contributed by atoms with E-state index in [0.29, 0.717) is 5.52 Å². The lowest BCUT2D eigenvalue weighted by atomic mass is 10.4. The minimum Gasteiger partial charge on any atom is -0.503 e. The second-order valence-electron chi connectivity index (χ2n) is 2.28. The fourth-order valence-electron chi connectivity index (χ4n) is 0.943. The summed E-state index contributed by atoms with van der Waals surface area (Å²) in [5.74, 6) is -0.233.